The molecule has 2 aromatic rings. The van der Waals surface area contributed by atoms with Gasteiger partial charge in [-0.2, -0.15) is 0 Å². The Morgan fingerprint density at radius 2 is 2.04 bits per heavy atom. The highest BCUT2D eigenvalue weighted by atomic mass is 16.6. The number of fused-ring (bicyclic) bond motifs is 1. The molecule has 1 atom stereocenters. The van der Waals surface area contributed by atoms with Crippen molar-refractivity contribution in [2.24, 2.45) is 0 Å². The fourth-order valence-electron chi connectivity index (χ4n) is 2.67. The lowest BCUT2D eigenvalue weighted by Crippen LogP contribution is -2.42. The lowest BCUT2D eigenvalue weighted by molar-refractivity contribution is -0.140. The molecule has 23 heavy (non-hydrogen) atoms. The summed E-state index contributed by atoms with van der Waals surface area (Å²) in [6, 6.07) is 9.54. The molecule has 1 aliphatic heterocycles. The third-order valence-electron chi connectivity index (χ3n) is 3.90. The maximum atomic E-state index is 12.5. The van der Waals surface area contributed by atoms with Gasteiger partial charge in [-0.05, 0) is 31.4 Å². The quantitative estimate of drug-likeness (QED) is 0.811. The zero-order chi connectivity index (χ0) is 16.4. The molecule has 0 radical (unpaired) electrons. The lowest BCUT2D eigenvalue weighted by Gasteiger charge is -2.30. The summed E-state index contributed by atoms with van der Waals surface area (Å²) in [4.78, 5) is 26.1. The van der Waals surface area contributed by atoms with Gasteiger partial charge in [-0.25, -0.2) is 4.79 Å². The number of aryl methyl sites for hydroxylation is 1. The van der Waals surface area contributed by atoms with Gasteiger partial charge < -0.3 is 14.2 Å². The highest BCUT2D eigenvalue weighted by Gasteiger charge is 2.28. The Morgan fingerprint density at radius 3 is 2.74 bits per heavy atom. The van der Waals surface area contributed by atoms with Crippen molar-refractivity contribution >= 4 is 11.9 Å². The van der Waals surface area contributed by atoms with Crippen LogP contribution < -0.4 is 0 Å². The highest BCUT2D eigenvalue weighted by Crippen LogP contribution is 2.19. The lowest BCUT2D eigenvalue weighted by atomic mass is 9.99. The van der Waals surface area contributed by atoms with E-state index in [1.54, 1.807) is 18.7 Å². The molecule has 0 aliphatic carbocycles. The van der Waals surface area contributed by atoms with Crippen molar-refractivity contribution in [3.63, 3.8) is 0 Å². The first-order chi connectivity index (χ1) is 11.0. The summed E-state index contributed by atoms with van der Waals surface area (Å²) in [5.41, 5.74) is 2.98. The molecule has 2 heterocycles. The van der Waals surface area contributed by atoms with Gasteiger partial charge in [-0.15, -0.1) is 0 Å². The Balaban J connectivity index is 1.63. The van der Waals surface area contributed by atoms with Gasteiger partial charge in [0, 0.05) is 19.2 Å². The van der Waals surface area contributed by atoms with Crippen molar-refractivity contribution < 1.29 is 18.8 Å². The van der Waals surface area contributed by atoms with Crippen molar-refractivity contribution in [2.75, 3.05) is 6.54 Å². The number of esters is 1. The summed E-state index contributed by atoms with van der Waals surface area (Å²) < 4.78 is 10.0. The minimum atomic E-state index is -0.863. The minimum Gasteiger partial charge on any atom is -0.447 e. The van der Waals surface area contributed by atoms with Crippen LogP contribution in [0.15, 0.2) is 34.9 Å². The molecular weight excluding hydrogens is 296 g/mol. The molecule has 6 heteroatoms. The summed E-state index contributed by atoms with van der Waals surface area (Å²) in [6.07, 6.45) is -0.0534. The van der Waals surface area contributed by atoms with Crippen LogP contribution in [0.3, 0.4) is 0 Å². The second-order valence-electron chi connectivity index (χ2n) is 5.66. The molecule has 0 unspecified atom stereocenters. The Labute approximate surface area is 134 Å². The number of carbonyl (C=O) groups excluding carboxylic acids is 2. The Hall–Kier alpha value is -2.63. The zero-order valence-corrected chi connectivity index (χ0v) is 13.1. The smallest absolute Gasteiger partial charge is 0.377 e. The normalized spacial score (nSPS) is 15.0. The molecule has 0 bridgehead atoms. The average Bonchev–Trinajstić information content (AvgIpc) is 3.00. The first kappa shape index (κ1) is 15.3. The van der Waals surface area contributed by atoms with Gasteiger partial charge in [0.15, 0.2) is 6.10 Å². The summed E-state index contributed by atoms with van der Waals surface area (Å²) in [5.74, 6) is -0.876. The van der Waals surface area contributed by atoms with Crippen LogP contribution in [0.4, 0.5) is 0 Å². The number of nitrogens with zero attached hydrogens (tertiary/aromatic N) is 2. The van der Waals surface area contributed by atoms with E-state index in [-0.39, 0.29) is 11.7 Å². The molecule has 1 aliphatic rings. The van der Waals surface area contributed by atoms with E-state index in [1.165, 1.54) is 11.6 Å². The number of ether oxygens (including phenoxy) is 1. The second kappa shape index (κ2) is 6.24. The van der Waals surface area contributed by atoms with Gasteiger partial charge in [0.1, 0.15) is 0 Å². The van der Waals surface area contributed by atoms with Crippen LogP contribution in [-0.4, -0.2) is 34.6 Å². The second-order valence-corrected chi connectivity index (χ2v) is 5.66. The molecule has 1 aromatic heterocycles. The van der Waals surface area contributed by atoms with Gasteiger partial charge in [-0.1, -0.05) is 29.4 Å². The van der Waals surface area contributed by atoms with E-state index < -0.39 is 12.1 Å². The molecule has 0 spiro atoms. The third kappa shape index (κ3) is 3.26. The molecule has 0 fully saturated rings. The largest absolute Gasteiger partial charge is 0.447 e. The van der Waals surface area contributed by atoms with E-state index in [0.29, 0.717) is 18.8 Å². The number of benzene rings is 1. The summed E-state index contributed by atoms with van der Waals surface area (Å²) in [5, 5.41) is 3.63. The monoisotopic (exact) mass is 314 g/mol. The summed E-state index contributed by atoms with van der Waals surface area (Å²) in [7, 11) is 0. The van der Waals surface area contributed by atoms with Crippen molar-refractivity contribution in [1.82, 2.24) is 10.1 Å². The predicted octanol–water partition coefficient (Wildman–Crippen LogP) is 2.11. The predicted molar refractivity (Wildman–Crippen MR) is 81.7 cm³/mol. The standard InChI is InChI=1S/C17H18N2O4/c1-11-9-15(23-18-11)17(21)22-12(2)16(20)19-8-7-13-5-3-4-6-14(13)10-19/h3-6,9,12H,7-8,10H2,1-2H3/t12-/m0/s1. The molecule has 0 saturated heterocycles. The van der Waals surface area contributed by atoms with E-state index >= 15 is 0 Å². The number of hydrogen-bond acceptors (Lipinski definition) is 5. The van der Waals surface area contributed by atoms with Crippen molar-refractivity contribution in [3.05, 3.63) is 52.9 Å². The molecule has 120 valence electrons. The third-order valence-corrected chi connectivity index (χ3v) is 3.90. The van der Waals surface area contributed by atoms with Gasteiger partial charge in [-0.3, -0.25) is 4.79 Å². The number of aromatic nitrogens is 1. The Bertz CT molecular complexity index is 738. The number of amides is 1. The summed E-state index contributed by atoms with van der Waals surface area (Å²) in [6.45, 7) is 4.45. The van der Waals surface area contributed by atoms with Gasteiger partial charge in [0.2, 0.25) is 5.76 Å². The van der Waals surface area contributed by atoms with Crippen molar-refractivity contribution in [1.29, 1.82) is 0 Å². The van der Waals surface area contributed by atoms with Crippen LogP contribution in [-0.2, 0) is 22.5 Å². The fraction of sp³-hybridized carbons (Fsp3) is 0.353. The molecular formula is C17H18N2O4. The van der Waals surface area contributed by atoms with Crippen LogP contribution in [0.2, 0.25) is 0 Å². The van der Waals surface area contributed by atoms with E-state index in [0.717, 1.165) is 12.0 Å². The topological polar surface area (TPSA) is 72.6 Å². The van der Waals surface area contributed by atoms with Gasteiger partial charge >= 0.3 is 5.97 Å². The van der Waals surface area contributed by atoms with Gasteiger partial charge in [0.05, 0.1) is 5.69 Å². The van der Waals surface area contributed by atoms with Crippen LogP contribution in [0.5, 0.6) is 0 Å². The van der Waals surface area contributed by atoms with Crippen LogP contribution in [0, 0.1) is 6.92 Å². The maximum Gasteiger partial charge on any atom is 0.377 e. The van der Waals surface area contributed by atoms with E-state index in [2.05, 4.69) is 11.2 Å². The number of rotatable bonds is 3. The van der Waals surface area contributed by atoms with Crippen LogP contribution in [0.25, 0.3) is 0 Å². The molecule has 1 aromatic carbocycles. The number of carbonyl (C=O) groups is 2. The maximum absolute atomic E-state index is 12.5. The van der Waals surface area contributed by atoms with Crippen LogP contribution in [0.1, 0.15) is 34.3 Å². The Kier molecular flexibility index (Phi) is 4.14. The minimum absolute atomic E-state index is 0.00568. The van der Waals surface area contributed by atoms with Crippen molar-refractivity contribution in [3.8, 4) is 0 Å². The first-order valence-electron chi connectivity index (χ1n) is 7.54. The average molecular weight is 314 g/mol. The number of hydrogen-bond donors (Lipinski definition) is 0. The van der Waals surface area contributed by atoms with E-state index in [4.69, 9.17) is 9.26 Å². The van der Waals surface area contributed by atoms with Gasteiger partial charge in [0.25, 0.3) is 5.91 Å². The molecule has 6 nitrogen and oxygen atoms in total. The molecule has 0 saturated carbocycles. The first-order valence-corrected chi connectivity index (χ1v) is 7.54. The van der Waals surface area contributed by atoms with Crippen LogP contribution >= 0.6 is 0 Å². The summed E-state index contributed by atoms with van der Waals surface area (Å²) >= 11 is 0. The molecule has 0 N–H and O–H groups in total. The molecule has 3 rings (SSSR count). The SMILES string of the molecule is Cc1cc(C(=O)O[C@@H](C)C(=O)N2CCc3ccccc3C2)on1. The zero-order valence-electron chi connectivity index (χ0n) is 13.1. The Morgan fingerprint density at radius 1 is 1.30 bits per heavy atom. The van der Waals surface area contributed by atoms with E-state index in [9.17, 15) is 9.59 Å². The van der Waals surface area contributed by atoms with E-state index in [1.807, 2.05) is 18.2 Å². The molecule has 1 amide bonds. The van der Waals surface area contributed by atoms with Crippen molar-refractivity contribution in [2.45, 2.75) is 32.9 Å². The highest BCUT2D eigenvalue weighted by molar-refractivity contribution is 5.90. The fourth-order valence-corrected chi connectivity index (χ4v) is 2.67.